The van der Waals surface area contributed by atoms with E-state index in [1.807, 2.05) is 30.3 Å². The lowest BCUT2D eigenvalue weighted by molar-refractivity contribution is -0.000889. The van der Waals surface area contributed by atoms with Crippen molar-refractivity contribution < 1.29 is 9.53 Å². The summed E-state index contributed by atoms with van der Waals surface area (Å²) in [4.78, 5) is 16.8. The number of para-hydroxylation sites is 2. The lowest BCUT2D eigenvalue weighted by Crippen LogP contribution is -2.46. The summed E-state index contributed by atoms with van der Waals surface area (Å²) in [5.74, 6) is 0. The van der Waals surface area contributed by atoms with Crippen LogP contribution in [0.5, 0.6) is 0 Å². The van der Waals surface area contributed by atoms with Crippen LogP contribution in [0.15, 0.2) is 54.7 Å². The zero-order valence-corrected chi connectivity index (χ0v) is 18.7. The molecule has 2 aliphatic heterocycles. The highest BCUT2D eigenvalue weighted by molar-refractivity contribution is 5.90. The van der Waals surface area contributed by atoms with Crippen LogP contribution in [0, 0.1) is 6.92 Å². The number of carbonyl (C=O) groups excluding carboxylic acids is 1. The second-order valence-corrected chi connectivity index (χ2v) is 9.38. The summed E-state index contributed by atoms with van der Waals surface area (Å²) in [5.41, 5.74) is 4.63. The highest BCUT2D eigenvalue weighted by Crippen LogP contribution is 2.36. The van der Waals surface area contributed by atoms with Crippen LogP contribution in [0.25, 0.3) is 10.9 Å². The Bertz CT molecular complexity index is 1090. The van der Waals surface area contributed by atoms with Crippen molar-refractivity contribution in [3.63, 3.8) is 0 Å². The third-order valence-electron chi connectivity index (χ3n) is 6.89. The highest BCUT2D eigenvalue weighted by atomic mass is 16.6. The van der Waals surface area contributed by atoms with Crippen LogP contribution in [0.4, 0.5) is 10.5 Å². The van der Waals surface area contributed by atoms with Crippen molar-refractivity contribution in [1.29, 1.82) is 0 Å². The van der Waals surface area contributed by atoms with Gasteiger partial charge in [-0.05, 0) is 44.0 Å². The summed E-state index contributed by atoms with van der Waals surface area (Å²) in [6.45, 7) is 10.1. The van der Waals surface area contributed by atoms with E-state index in [1.54, 1.807) is 4.90 Å². The number of likely N-dealkylation sites (tertiary alicyclic amines) is 1. The minimum absolute atomic E-state index is 0.213. The Kier molecular flexibility index (Phi) is 5.01. The van der Waals surface area contributed by atoms with Gasteiger partial charge in [0.2, 0.25) is 0 Å². The van der Waals surface area contributed by atoms with Gasteiger partial charge >= 0.3 is 6.09 Å². The molecule has 0 saturated carbocycles. The van der Waals surface area contributed by atoms with Gasteiger partial charge in [0.05, 0.1) is 12.1 Å². The predicted molar refractivity (Wildman–Crippen MR) is 125 cm³/mol. The molecule has 0 bridgehead atoms. The van der Waals surface area contributed by atoms with E-state index in [9.17, 15) is 4.79 Å². The van der Waals surface area contributed by atoms with Gasteiger partial charge in [0.15, 0.2) is 0 Å². The maximum Gasteiger partial charge on any atom is 0.415 e. The zero-order valence-electron chi connectivity index (χ0n) is 18.7. The first-order chi connectivity index (χ1) is 15.0. The molecule has 2 aliphatic rings. The van der Waals surface area contributed by atoms with Gasteiger partial charge in [0.25, 0.3) is 0 Å². The molecule has 5 heteroatoms. The van der Waals surface area contributed by atoms with Crippen molar-refractivity contribution in [1.82, 2.24) is 9.47 Å². The molecular formula is C26H31N3O2. The van der Waals surface area contributed by atoms with Gasteiger partial charge in [-0.3, -0.25) is 9.80 Å². The van der Waals surface area contributed by atoms with Crippen molar-refractivity contribution >= 4 is 22.7 Å². The number of hydrogen-bond donors (Lipinski definition) is 0. The quantitative estimate of drug-likeness (QED) is 0.561. The van der Waals surface area contributed by atoms with E-state index in [0.717, 1.165) is 38.2 Å². The van der Waals surface area contributed by atoms with E-state index >= 15 is 0 Å². The third-order valence-corrected chi connectivity index (χ3v) is 6.89. The molecule has 2 aromatic carbocycles. The number of benzene rings is 2. The van der Waals surface area contributed by atoms with Crippen LogP contribution in [-0.4, -0.2) is 40.8 Å². The molecule has 2 fully saturated rings. The molecule has 2 saturated heterocycles. The Hall–Kier alpha value is -2.79. The summed E-state index contributed by atoms with van der Waals surface area (Å²) in [6, 6.07) is 16.9. The molecule has 162 valence electrons. The zero-order chi connectivity index (χ0) is 21.6. The fraction of sp³-hybridized carbons (Fsp3) is 0.423. The maximum absolute atomic E-state index is 12.6. The van der Waals surface area contributed by atoms with Gasteiger partial charge in [-0.1, -0.05) is 36.4 Å². The number of aryl methyl sites for hydroxylation is 1. The predicted octanol–water partition coefficient (Wildman–Crippen LogP) is 5.52. The highest BCUT2D eigenvalue weighted by Gasteiger charge is 2.47. The van der Waals surface area contributed by atoms with Gasteiger partial charge in [0, 0.05) is 55.8 Å². The van der Waals surface area contributed by atoms with E-state index in [-0.39, 0.29) is 11.7 Å². The number of ether oxygens (including phenoxy) is 1. The van der Waals surface area contributed by atoms with Crippen molar-refractivity contribution in [2.45, 2.75) is 51.8 Å². The third kappa shape index (κ3) is 3.61. The fourth-order valence-corrected chi connectivity index (χ4v) is 5.15. The van der Waals surface area contributed by atoms with Crippen LogP contribution in [-0.2, 0) is 11.3 Å². The van der Waals surface area contributed by atoms with Crippen molar-refractivity contribution in [2.75, 3.05) is 24.5 Å². The molecule has 0 N–H and O–H groups in total. The number of carbonyl (C=O) groups is 1. The molecule has 0 atom stereocenters. The number of amides is 1. The number of fused-ring (bicyclic) bond motifs is 1. The normalized spacial score (nSPS) is 19.0. The van der Waals surface area contributed by atoms with Crippen LogP contribution in [0.3, 0.4) is 0 Å². The van der Waals surface area contributed by atoms with Gasteiger partial charge in [-0.25, -0.2) is 4.79 Å². The summed E-state index contributed by atoms with van der Waals surface area (Å²) in [5, 5.41) is 1.36. The first kappa shape index (κ1) is 20.1. The molecule has 3 heterocycles. The molecule has 1 aromatic heterocycles. The molecule has 1 spiro atoms. The topological polar surface area (TPSA) is 37.7 Å². The molecule has 3 aromatic rings. The van der Waals surface area contributed by atoms with Crippen LogP contribution in [0.2, 0.25) is 0 Å². The van der Waals surface area contributed by atoms with Crippen molar-refractivity contribution in [2.24, 2.45) is 0 Å². The Balaban J connectivity index is 1.30. The van der Waals surface area contributed by atoms with Crippen molar-refractivity contribution in [3.8, 4) is 0 Å². The largest absolute Gasteiger partial charge is 0.441 e. The van der Waals surface area contributed by atoms with E-state index in [1.165, 1.54) is 22.0 Å². The monoisotopic (exact) mass is 417 g/mol. The molecule has 31 heavy (non-hydrogen) atoms. The molecule has 0 unspecified atom stereocenters. The lowest BCUT2D eigenvalue weighted by atomic mass is 9.91. The summed E-state index contributed by atoms with van der Waals surface area (Å²) in [7, 11) is 0. The summed E-state index contributed by atoms with van der Waals surface area (Å²) >= 11 is 0. The second kappa shape index (κ2) is 7.72. The van der Waals surface area contributed by atoms with E-state index in [2.05, 4.69) is 54.6 Å². The van der Waals surface area contributed by atoms with Gasteiger partial charge < -0.3 is 9.30 Å². The smallest absolute Gasteiger partial charge is 0.415 e. The number of aromatic nitrogens is 1. The maximum atomic E-state index is 12.6. The van der Waals surface area contributed by atoms with E-state index in [4.69, 9.17) is 4.74 Å². The average Bonchev–Trinajstić information content (AvgIpc) is 3.30. The first-order valence-electron chi connectivity index (χ1n) is 11.3. The molecule has 5 nitrogen and oxygen atoms in total. The van der Waals surface area contributed by atoms with Crippen LogP contribution in [0.1, 0.15) is 43.9 Å². The Labute approximate surface area is 184 Å². The minimum Gasteiger partial charge on any atom is -0.441 e. The van der Waals surface area contributed by atoms with Gasteiger partial charge in [-0.15, -0.1) is 0 Å². The molecular weight excluding hydrogens is 386 g/mol. The molecule has 0 aliphatic carbocycles. The van der Waals surface area contributed by atoms with Crippen LogP contribution >= 0.6 is 0 Å². The van der Waals surface area contributed by atoms with E-state index in [0.29, 0.717) is 12.6 Å². The minimum atomic E-state index is -0.355. The number of piperidine rings is 1. The number of anilines is 1. The van der Waals surface area contributed by atoms with Crippen LogP contribution < -0.4 is 4.90 Å². The molecule has 1 amide bonds. The second-order valence-electron chi connectivity index (χ2n) is 9.38. The fourth-order valence-electron chi connectivity index (χ4n) is 5.15. The standard InChI is InChI=1S/C26H31N3O2/c1-19(2)28-17-21(23-11-7-8-20(3)24(23)28)16-27-14-12-26(13-15-27)18-29(25(30)31-26)22-9-5-4-6-10-22/h4-11,17,19H,12-16,18H2,1-3H3. The molecule has 5 rings (SSSR count). The summed E-state index contributed by atoms with van der Waals surface area (Å²) in [6.07, 6.45) is 3.88. The summed E-state index contributed by atoms with van der Waals surface area (Å²) < 4.78 is 8.34. The van der Waals surface area contributed by atoms with Gasteiger partial charge in [-0.2, -0.15) is 0 Å². The average molecular weight is 418 g/mol. The Morgan fingerprint density at radius 3 is 2.48 bits per heavy atom. The van der Waals surface area contributed by atoms with Gasteiger partial charge in [0.1, 0.15) is 5.60 Å². The first-order valence-corrected chi connectivity index (χ1v) is 11.3. The lowest BCUT2D eigenvalue weighted by Gasteiger charge is -2.37. The Morgan fingerprint density at radius 1 is 1.03 bits per heavy atom. The number of nitrogens with zero attached hydrogens (tertiary/aromatic N) is 3. The van der Waals surface area contributed by atoms with Crippen molar-refractivity contribution in [3.05, 3.63) is 65.9 Å². The SMILES string of the molecule is Cc1cccc2c(CN3CCC4(CC3)CN(c3ccccc3)C(=O)O4)cn(C(C)C)c12. The number of rotatable bonds is 4. The Morgan fingerprint density at radius 2 is 1.77 bits per heavy atom. The van der Waals surface area contributed by atoms with E-state index < -0.39 is 0 Å². The number of hydrogen-bond acceptors (Lipinski definition) is 3. The molecule has 0 radical (unpaired) electrons.